The van der Waals surface area contributed by atoms with Crippen LogP contribution in [0, 0.1) is 0 Å². The van der Waals surface area contributed by atoms with E-state index in [0.717, 1.165) is 11.3 Å². The van der Waals surface area contributed by atoms with Gasteiger partial charge in [-0.15, -0.1) is 0 Å². The van der Waals surface area contributed by atoms with Gasteiger partial charge in [-0.3, -0.25) is 4.79 Å². The Labute approximate surface area is 130 Å². The zero-order valence-corrected chi connectivity index (χ0v) is 12.3. The smallest absolute Gasteiger partial charge is 0.302 e. The number of hydrogen-bond acceptors (Lipinski definition) is 1. The second kappa shape index (κ2) is 5.53. The minimum atomic E-state index is -4.88. The van der Waals surface area contributed by atoms with E-state index in [-0.39, 0.29) is 5.69 Å². The van der Waals surface area contributed by atoms with Crippen molar-refractivity contribution in [3.05, 3.63) is 71.8 Å². The molecule has 0 atom stereocenters. The fourth-order valence-electron chi connectivity index (χ4n) is 2.62. The molecule has 0 spiro atoms. The Morgan fingerprint density at radius 1 is 1.13 bits per heavy atom. The van der Waals surface area contributed by atoms with Gasteiger partial charge in [0.25, 0.3) is 5.78 Å². The SMILES string of the molecule is C[n+]1ccn2c(C(=O)C(F)(F)F)ccc2c1Cc1ccccc1. The molecule has 3 aromatic rings. The summed E-state index contributed by atoms with van der Waals surface area (Å²) in [5.41, 5.74) is 2.09. The molecular formula is C17H14F3N2O+. The second-order valence-electron chi connectivity index (χ2n) is 5.32. The van der Waals surface area contributed by atoms with Gasteiger partial charge in [-0.05, 0) is 17.7 Å². The molecule has 0 radical (unpaired) electrons. The molecule has 0 saturated heterocycles. The molecule has 0 bridgehead atoms. The first-order valence-corrected chi connectivity index (χ1v) is 7.02. The van der Waals surface area contributed by atoms with Crippen LogP contribution in [0.2, 0.25) is 0 Å². The quantitative estimate of drug-likeness (QED) is 0.538. The number of aryl methyl sites for hydroxylation is 1. The first-order chi connectivity index (χ1) is 10.9. The van der Waals surface area contributed by atoms with Crippen LogP contribution in [0.5, 0.6) is 0 Å². The van der Waals surface area contributed by atoms with Gasteiger partial charge in [0.05, 0.1) is 18.3 Å². The van der Waals surface area contributed by atoms with Crippen molar-refractivity contribution in [3.63, 3.8) is 0 Å². The van der Waals surface area contributed by atoms with Crippen molar-refractivity contribution >= 4 is 11.3 Å². The molecule has 0 aliphatic carbocycles. The number of hydrogen-bond donors (Lipinski definition) is 0. The predicted molar refractivity (Wildman–Crippen MR) is 78.2 cm³/mol. The summed E-state index contributed by atoms with van der Waals surface area (Å²) in [4.78, 5) is 11.5. The lowest BCUT2D eigenvalue weighted by Crippen LogP contribution is -2.34. The Kier molecular flexibility index (Phi) is 3.67. The van der Waals surface area contributed by atoms with Crippen molar-refractivity contribution in [1.29, 1.82) is 0 Å². The Balaban J connectivity index is 2.11. The number of benzene rings is 1. The molecular weight excluding hydrogens is 305 g/mol. The Morgan fingerprint density at radius 2 is 1.83 bits per heavy atom. The molecule has 3 nitrogen and oxygen atoms in total. The Hall–Kier alpha value is -2.63. The van der Waals surface area contributed by atoms with Crippen molar-refractivity contribution in [2.45, 2.75) is 12.6 Å². The van der Waals surface area contributed by atoms with Crippen molar-refractivity contribution < 1.29 is 22.5 Å². The van der Waals surface area contributed by atoms with Gasteiger partial charge < -0.3 is 4.40 Å². The zero-order valence-electron chi connectivity index (χ0n) is 12.3. The molecule has 2 heterocycles. The summed E-state index contributed by atoms with van der Waals surface area (Å²) in [6.07, 6.45) is -1.20. The lowest BCUT2D eigenvalue weighted by molar-refractivity contribution is -0.677. The minimum Gasteiger partial charge on any atom is -0.302 e. The topological polar surface area (TPSA) is 25.4 Å². The molecule has 3 rings (SSSR count). The Morgan fingerprint density at radius 3 is 2.48 bits per heavy atom. The maximum Gasteiger partial charge on any atom is 0.456 e. The van der Waals surface area contributed by atoms with Gasteiger partial charge in [-0.25, -0.2) is 4.57 Å². The van der Waals surface area contributed by atoms with E-state index in [2.05, 4.69) is 0 Å². The highest BCUT2D eigenvalue weighted by Crippen LogP contribution is 2.24. The molecule has 6 heteroatoms. The lowest BCUT2D eigenvalue weighted by Gasteiger charge is -2.07. The lowest BCUT2D eigenvalue weighted by atomic mass is 10.1. The van der Waals surface area contributed by atoms with Gasteiger partial charge >= 0.3 is 6.18 Å². The van der Waals surface area contributed by atoms with Gasteiger partial charge in [-0.1, -0.05) is 30.3 Å². The predicted octanol–water partition coefficient (Wildman–Crippen LogP) is 3.10. The van der Waals surface area contributed by atoms with Crippen LogP contribution < -0.4 is 4.57 Å². The maximum absolute atomic E-state index is 12.7. The van der Waals surface area contributed by atoms with Gasteiger partial charge in [0.15, 0.2) is 6.20 Å². The van der Waals surface area contributed by atoms with Crippen LogP contribution in [0.3, 0.4) is 0 Å². The third kappa shape index (κ3) is 2.84. The molecule has 0 fully saturated rings. The monoisotopic (exact) mass is 319 g/mol. The average Bonchev–Trinajstić information content (AvgIpc) is 2.93. The van der Waals surface area contributed by atoms with Gasteiger partial charge in [0.2, 0.25) is 5.69 Å². The number of alkyl halides is 3. The number of carbonyl (C=O) groups excluding carboxylic acids is 1. The van der Waals surface area contributed by atoms with Crippen LogP contribution in [0.25, 0.3) is 5.52 Å². The van der Waals surface area contributed by atoms with Crippen molar-refractivity contribution in [3.8, 4) is 0 Å². The molecule has 0 aliphatic heterocycles. The third-order valence-corrected chi connectivity index (χ3v) is 3.78. The highest BCUT2D eigenvalue weighted by atomic mass is 19.4. The number of Topliss-reactive ketones (excluding diaryl/α,β-unsaturated/α-hetero) is 1. The van der Waals surface area contributed by atoms with Crippen LogP contribution in [0.4, 0.5) is 13.2 Å². The van der Waals surface area contributed by atoms with Crippen molar-refractivity contribution in [2.24, 2.45) is 7.05 Å². The normalized spacial score (nSPS) is 11.8. The first kappa shape index (κ1) is 15.3. The van der Waals surface area contributed by atoms with E-state index in [9.17, 15) is 18.0 Å². The van der Waals surface area contributed by atoms with Gasteiger partial charge in [0, 0.05) is 0 Å². The summed E-state index contributed by atoms with van der Waals surface area (Å²) in [6, 6.07) is 12.4. The second-order valence-corrected chi connectivity index (χ2v) is 5.32. The van der Waals surface area contributed by atoms with Crippen molar-refractivity contribution in [2.75, 3.05) is 0 Å². The molecule has 0 amide bonds. The van der Waals surface area contributed by atoms with Crippen LogP contribution >= 0.6 is 0 Å². The average molecular weight is 319 g/mol. The van der Waals surface area contributed by atoms with Crippen LogP contribution in [0.1, 0.15) is 21.7 Å². The number of nitrogens with zero attached hydrogens (tertiary/aromatic N) is 2. The number of halogens is 3. The van der Waals surface area contributed by atoms with Crippen LogP contribution in [-0.2, 0) is 13.5 Å². The molecule has 118 valence electrons. The number of fused-ring (bicyclic) bond motifs is 1. The van der Waals surface area contributed by atoms with E-state index >= 15 is 0 Å². The minimum absolute atomic E-state index is 0.373. The number of carbonyl (C=O) groups is 1. The summed E-state index contributed by atoms with van der Waals surface area (Å²) in [7, 11) is 1.83. The highest BCUT2D eigenvalue weighted by Gasteiger charge is 2.41. The summed E-state index contributed by atoms with van der Waals surface area (Å²) in [5, 5.41) is 0. The first-order valence-electron chi connectivity index (χ1n) is 7.02. The van der Waals surface area contributed by atoms with E-state index in [1.807, 2.05) is 41.9 Å². The largest absolute Gasteiger partial charge is 0.456 e. The van der Waals surface area contributed by atoms with Gasteiger partial charge in [-0.2, -0.15) is 13.2 Å². The number of rotatable bonds is 3. The summed E-state index contributed by atoms with van der Waals surface area (Å²) < 4.78 is 41.2. The number of ketones is 1. The van der Waals surface area contributed by atoms with Crippen LogP contribution in [0.15, 0.2) is 54.9 Å². The molecule has 0 saturated carbocycles. The summed E-state index contributed by atoms with van der Waals surface area (Å²) in [6.45, 7) is 0. The van der Waals surface area contributed by atoms with Gasteiger partial charge in [0.1, 0.15) is 12.6 Å². The van der Waals surface area contributed by atoms with E-state index in [4.69, 9.17) is 0 Å². The van der Waals surface area contributed by atoms with E-state index < -0.39 is 12.0 Å². The van der Waals surface area contributed by atoms with E-state index in [1.165, 1.54) is 16.7 Å². The maximum atomic E-state index is 12.7. The fourth-order valence-corrected chi connectivity index (χ4v) is 2.62. The molecule has 0 N–H and O–H groups in total. The Bertz CT molecular complexity index is 867. The highest BCUT2D eigenvalue weighted by molar-refractivity contribution is 6.00. The summed E-state index contributed by atoms with van der Waals surface area (Å²) in [5.74, 6) is -1.84. The summed E-state index contributed by atoms with van der Waals surface area (Å²) >= 11 is 0. The molecule has 2 aromatic heterocycles. The number of aromatic nitrogens is 2. The van der Waals surface area contributed by atoms with Crippen LogP contribution in [-0.4, -0.2) is 16.4 Å². The third-order valence-electron chi connectivity index (χ3n) is 3.78. The standard InChI is InChI=1S/C17H14F3N2O/c1-21-9-10-22-13(7-8-14(22)16(23)17(18,19)20)15(21)11-12-5-3-2-4-6-12/h2-10H,11H2,1H3/q+1. The zero-order chi connectivity index (χ0) is 16.6. The molecule has 23 heavy (non-hydrogen) atoms. The molecule has 0 aliphatic rings. The van der Waals surface area contributed by atoms with Crippen molar-refractivity contribution in [1.82, 2.24) is 4.40 Å². The fraction of sp³-hybridized carbons (Fsp3) is 0.176. The molecule has 1 aromatic carbocycles. The molecule has 0 unspecified atom stereocenters. The van der Waals surface area contributed by atoms with E-state index in [1.54, 1.807) is 12.3 Å². The van der Waals surface area contributed by atoms with E-state index in [0.29, 0.717) is 11.9 Å².